The molecule has 1 rings (SSSR count). The molecule has 1 aliphatic heterocycles. The molecule has 0 unspecified atom stereocenters. The van der Waals surface area contributed by atoms with E-state index in [-0.39, 0.29) is 0 Å². The molecule has 0 aromatic heterocycles. The minimum absolute atomic E-state index is 0.500. The van der Waals surface area contributed by atoms with Crippen molar-refractivity contribution >= 4 is 0 Å². The second-order valence-electron chi connectivity index (χ2n) is 1.22. The van der Waals surface area contributed by atoms with E-state index in [1.165, 1.54) is 0 Å². The predicted octanol–water partition coefficient (Wildman–Crippen LogP) is 0.619. The summed E-state index contributed by atoms with van der Waals surface area (Å²) < 4.78 is 19.4. The van der Waals surface area contributed by atoms with Crippen molar-refractivity contribution in [2.24, 2.45) is 0 Å². The van der Waals surface area contributed by atoms with E-state index in [4.69, 9.17) is 9.47 Å². The lowest BCUT2D eigenvalue weighted by Crippen LogP contribution is -2.16. The second-order valence-corrected chi connectivity index (χ2v) is 1.22. The fourth-order valence-electron chi connectivity index (χ4n) is 0.440. The van der Waals surface area contributed by atoms with Gasteiger partial charge in [-0.05, 0) is 0 Å². The van der Waals surface area contributed by atoms with E-state index in [0.29, 0.717) is 7.18 Å². The van der Waals surface area contributed by atoms with Crippen LogP contribution in [0, 0.1) is 0 Å². The molecule has 0 bridgehead atoms. The van der Waals surface area contributed by atoms with Crippen LogP contribution in [-0.4, -0.2) is 33.6 Å². The van der Waals surface area contributed by atoms with Crippen molar-refractivity contribution in [2.75, 3.05) is 33.6 Å². The zero-order valence-corrected chi connectivity index (χ0v) is 5.02. The van der Waals surface area contributed by atoms with Crippen LogP contribution in [0.3, 0.4) is 0 Å². The Morgan fingerprint density at radius 1 is 0.875 bits per heavy atom. The lowest BCUT2D eigenvalue weighted by Gasteiger charge is -2.09. The number of halogens is 1. The van der Waals surface area contributed by atoms with Gasteiger partial charge in [0, 0.05) is 0 Å². The summed E-state index contributed by atoms with van der Waals surface area (Å²) in [6.45, 7) is 3.11. The summed E-state index contributed by atoms with van der Waals surface area (Å²) in [6, 6.07) is 0. The molecule has 0 amide bonds. The summed E-state index contributed by atoms with van der Waals surface area (Å²) >= 11 is 0. The van der Waals surface area contributed by atoms with Gasteiger partial charge >= 0.3 is 0 Å². The molecule has 2 nitrogen and oxygen atoms in total. The van der Waals surface area contributed by atoms with Crippen LogP contribution >= 0.6 is 0 Å². The first-order valence-corrected chi connectivity index (χ1v) is 2.53. The molecule has 0 N–H and O–H groups in total. The topological polar surface area (TPSA) is 18.5 Å². The quantitative estimate of drug-likeness (QED) is 0.469. The summed E-state index contributed by atoms with van der Waals surface area (Å²) in [5.74, 6) is 0. The molecule has 8 heavy (non-hydrogen) atoms. The van der Waals surface area contributed by atoms with Crippen molar-refractivity contribution in [3.63, 3.8) is 0 Å². The molecule has 0 saturated carbocycles. The van der Waals surface area contributed by atoms with Crippen molar-refractivity contribution in [1.82, 2.24) is 0 Å². The van der Waals surface area contributed by atoms with E-state index in [1.807, 2.05) is 0 Å². The van der Waals surface area contributed by atoms with Gasteiger partial charge in [-0.25, -0.2) is 0 Å². The SMILES string of the molecule is C1COCCO1.CF. The lowest BCUT2D eigenvalue weighted by molar-refractivity contribution is -0.0334. The van der Waals surface area contributed by atoms with Gasteiger partial charge in [-0.2, -0.15) is 0 Å². The van der Waals surface area contributed by atoms with E-state index >= 15 is 0 Å². The first-order valence-electron chi connectivity index (χ1n) is 2.53. The van der Waals surface area contributed by atoms with Gasteiger partial charge in [0.05, 0.1) is 33.6 Å². The highest BCUT2D eigenvalue weighted by molar-refractivity contribution is 4.37. The van der Waals surface area contributed by atoms with Crippen LogP contribution in [0.5, 0.6) is 0 Å². The van der Waals surface area contributed by atoms with Gasteiger partial charge < -0.3 is 9.47 Å². The Morgan fingerprint density at radius 2 is 1.12 bits per heavy atom. The zero-order chi connectivity index (χ0) is 6.24. The van der Waals surface area contributed by atoms with Gasteiger partial charge in [0.2, 0.25) is 0 Å². The van der Waals surface area contributed by atoms with E-state index in [9.17, 15) is 4.39 Å². The molecule has 0 radical (unpaired) electrons. The number of alkyl halides is 1. The smallest absolute Gasteiger partial charge is 0.0785 e. The molecule has 0 aromatic carbocycles. The third-order valence-electron chi connectivity index (χ3n) is 0.744. The standard InChI is InChI=1S/C4H8O2.CH3F/c1-2-6-4-3-5-1;1-2/h1-4H2;1H3. The Labute approximate surface area is 48.6 Å². The molecular weight excluding hydrogens is 111 g/mol. The maximum Gasteiger partial charge on any atom is 0.0785 e. The van der Waals surface area contributed by atoms with Gasteiger partial charge in [-0.3, -0.25) is 4.39 Å². The summed E-state index contributed by atoms with van der Waals surface area (Å²) in [5.41, 5.74) is 0. The maximum absolute atomic E-state index is 9.50. The average Bonchev–Trinajstić information content (AvgIpc) is 1.96. The van der Waals surface area contributed by atoms with Crippen LogP contribution in [0.4, 0.5) is 4.39 Å². The largest absolute Gasteiger partial charge is 0.377 e. The lowest BCUT2D eigenvalue weighted by atomic mass is 10.6. The predicted molar refractivity (Wildman–Crippen MR) is 28.7 cm³/mol. The van der Waals surface area contributed by atoms with Crippen molar-refractivity contribution in [2.45, 2.75) is 0 Å². The highest BCUT2D eigenvalue weighted by Crippen LogP contribution is 1.85. The maximum atomic E-state index is 9.50. The van der Waals surface area contributed by atoms with E-state index in [1.54, 1.807) is 0 Å². The molecule has 1 fully saturated rings. The molecule has 0 atom stereocenters. The van der Waals surface area contributed by atoms with E-state index in [2.05, 4.69) is 0 Å². The van der Waals surface area contributed by atoms with Crippen LogP contribution in [0.25, 0.3) is 0 Å². The molecule has 1 saturated heterocycles. The van der Waals surface area contributed by atoms with Crippen molar-refractivity contribution in [1.29, 1.82) is 0 Å². The van der Waals surface area contributed by atoms with Crippen LogP contribution in [0.1, 0.15) is 0 Å². The third-order valence-corrected chi connectivity index (χ3v) is 0.744. The fraction of sp³-hybridized carbons (Fsp3) is 1.00. The van der Waals surface area contributed by atoms with E-state index < -0.39 is 0 Å². The van der Waals surface area contributed by atoms with Crippen molar-refractivity contribution in [3.8, 4) is 0 Å². The molecular formula is C5H11FO2. The third kappa shape index (κ3) is 4.02. The Bertz CT molecular complexity index is 25.9. The van der Waals surface area contributed by atoms with Crippen molar-refractivity contribution < 1.29 is 13.9 Å². The minimum atomic E-state index is 0.500. The Hall–Kier alpha value is -0.150. The molecule has 1 aliphatic rings. The molecule has 0 aliphatic carbocycles. The number of hydrogen-bond donors (Lipinski definition) is 0. The van der Waals surface area contributed by atoms with Crippen molar-refractivity contribution in [3.05, 3.63) is 0 Å². The number of rotatable bonds is 0. The van der Waals surface area contributed by atoms with E-state index in [0.717, 1.165) is 26.4 Å². The number of ether oxygens (including phenoxy) is 2. The summed E-state index contributed by atoms with van der Waals surface area (Å²) in [7, 11) is 0.500. The minimum Gasteiger partial charge on any atom is -0.377 e. The zero-order valence-electron chi connectivity index (χ0n) is 5.02. The van der Waals surface area contributed by atoms with Crippen LogP contribution in [0.15, 0.2) is 0 Å². The first-order chi connectivity index (χ1) is 4.00. The Kier molecular flexibility index (Phi) is 6.72. The van der Waals surface area contributed by atoms with Gasteiger partial charge in [0.15, 0.2) is 0 Å². The number of hydrogen-bond acceptors (Lipinski definition) is 2. The summed E-state index contributed by atoms with van der Waals surface area (Å²) in [6.07, 6.45) is 0. The summed E-state index contributed by atoms with van der Waals surface area (Å²) in [4.78, 5) is 0. The first kappa shape index (κ1) is 7.85. The molecule has 3 heteroatoms. The van der Waals surface area contributed by atoms with Gasteiger partial charge in [-0.15, -0.1) is 0 Å². The normalized spacial score (nSPS) is 18.8. The van der Waals surface area contributed by atoms with Gasteiger partial charge in [0.1, 0.15) is 0 Å². The average molecular weight is 122 g/mol. The molecule has 0 aromatic rings. The second kappa shape index (κ2) is 6.85. The van der Waals surface area contributed by atoms with Crippen LogP contribution < -0.4 is 0 Å². The molecule has 50 valence electrons. The van der Waals surface area contributed by atoms with Crippen LogP contribution in [0.2, 0.25) is 0 Å². The fourth-order valence-corrected chi connectivity index (χ4v) is 0.440. The highest BCUT2D eigenvalue weighted by Gasteiger charge is 1.94. The van der Waals surface area contributed by atoms with Gasteiger partial charge in [0.25, 0.3) is 0 Å². The molecule has 0 spiro atoms. The summed E-state index contributed by atoms with van der Waals surface area (Å²) in [5, 5.41) is 0. The van der Waals surface area contributed by atoms with Crippen LogP contribution in [-0.2, 0) is 9.47 Å². The van der Waals surface area contributed by atoms with Gasteiger partial charge in [-0.1, -0.05) is 0 Å². The molecule has 1 heterocycles. The Balaban J connectivity index is 0.000000222. The Morgan fingerprint density at radius 3 is 1.25 bits per heavy atom. The highest BCUT2D eigenvalue weighted by atomic mass is 19.1. The monoisotopic (exact) mass is 122 g/mol.